The normalized spacial score (nSPS) is 12.2. The first-order chi connectivity index (χ1) is 13.3. The first-order valence-electron chi connectivity index (χ1n) is 9.10. The van der Waals surface area contributed by atoms with Crippen LogP contribution in [0.2, 0.25) is 5.02 Å². The molecule has 0 aliphatic rings. The minimum atomic E-state index is -3.71. The van der Waals surface area contributed by atoms with E-state index in [1.165, 1.54) is 18.2 Å². The second-order valence-electron chi connectivity index (χ2n) is 7.18. The van der Waals surface area contributed by atoms with Gasteiger partial charge in [0.15, 0.2) is 0 Å². The average molecular weight is 424 g/mol. The number of pyridine rings is 1. The second kappa shape index (κ2) is 8.59. The summed E-state index contributed by atoms with van der Waals surface area (Å²) < 4.78 is 43.2. The minimum Gasteiger partial charge on any atom is -0.332 e. The van der Waals surface area contributed by atoms with E-state index in [0.717, 1.165) is 23.1 Å². The predicted octanol–water partition coefficient (Wildman–Crippen LogP) is 4.15. The van der Waals surface area contributed by atoms with Gasteiger partial charge in [-0.25, -0.2) is 22.5 Å². The predicted molar refractivity (Wildman–Crippen MR) is 110 cm³/mol. The van der Waals surface area contributed by atoms with Gasteiger partial charge in [0.1, 0.15) is 11.5 Å². The molecule has 0 aliphatic carbocycles. The molecule has 150 valence electrons. The lowest BCUT2D eigenvalue weighted by Gasteiger charge is -2.09. The summed E-state index contributed by atoms with van der Waals surface area (Å²) in [5.41, 5.74) is 1.90. The maximum atomic E-state index is 13.9. The largest absolute Gasteiger partial charge is 0.332 e. The van der Waals surface area contributed by atoms with E-state index in [9.17, 15) is 12.8 Å². The Morgan fingerprint density at radius 3 is 2.75 bits per heavy atom. The lowest BCUT2D eigenvalue weighted by molar-refractivity contribution is 0.532. The summed E-state index contributed by atoms with van der Waals surface area (Å²) in [5, 5.41) is 1.12. The molecule has 0 aliphatic heterocycles. The smallest absolute Gasteiger partial charge is 0.215 e. The highest BCUT2D eigenvalue weighted by atomic mass is 35.5. The van der Waals surface area contributed by atoms with Gasteiger partial charge in [-0.05, 0) is 42.2 Å². The summed E-state index contributed by atoms with van der Waals surface area (Å²) in [4.78, 5) is 4.45. The molecule has 0 saturated heterocycles. The van der Waals surface area contributed by atoms with E-state index in [0.29, 0.717) is 12.3 Å². The van der Waals surface area contributed by atoms with E-state index in [1.807, 2.05) is 18.3 Å². The van der Waals surface area contributed by atoms with Crippen molar-refractivity contribution in [3.63, 3.8) is 0 Å². The van der Waals surface area contributed by atoms with Crippen LogP contribution >= 0.6 is 11.6 Å². The maximum absolute atomic E-state index is 13.9. The molecular weight excluding hydrogens is 401 g/mol. The molecule has 1 N–H and O–H groups in total. The van der Waals surface area contributed by atoms with Gasteiger partial charge in [0.25, 0.3) is 0 Å². The number of nitrogens with one attached hydrogen (secondary N) is 1. The van der Waals surface area contributed by atoms with Crippen molar-refractivity contribution < 1.29 is 12.8 Å². The molecule has 2 heterocycles. The van der Waals surface area contributed by atoms with Crippen molar-refractivity contribution in [2.24, 2.45) is 5.92 Å². The van der Waals surface area contributed by atoms with Crippen molar-refractivity contribution in [2.75, 3.05) is 6.54 Å². The molecule has 3 aromatic rings. The monoisotopic (exact) mass is 423 g/mol. The van der Waals surface area contributed by atoms with Gasteiger partial charge < -0.3 is 4.57 Å². The van der Waals surface area contributed by atoms with Gasteiger partial charge in [0.05, 0.1) is 5.75 Å². The van der Waals surface area contributed by atoms with Crippen molar-refractivity contribution in [2.45, 2.75) is 32.6 Å². The zero-order valence-electron chi connectivity index (χ0n) is 15.8. The van der Waals surface area contributed by atoms with Crippen LogP contribution in [-0.4, -0.2) is 24.5 Å². The molecule has 3 rings (SSSR count). The van der Waals surface area contributed by atoms with Crippen LogP contribution in [0.1, 0.15) is 25.0 Å². The highest BCUT2D eigenvalue weighted by Crippen LogP contribution is 2.22. The zero-order valence-corrected chi connectivity index (χ0v) is 17.4. The third-order valence-corrected chi connectivity index (χ3v) is 6.06. The summed E-state index contributed by atoms with van der Waals surface area (Å²) >= 11 is 5.93. The number of sulfonamides is 1. The first-order valence-corrected chi connectivity index (χ1v) is 11.1. The van der Waals surface area contributed by atoms with Crippen molar-refractivity contribution in [1.82, 2.24) is 14.3 Å². The number of benzene rings is 1. The molecule has 0 bridgehead atoms. The van der Waals surface area contributed by atoms with Gasteiger partial charge in [-0.2, -0.15) is 0 Å². The van der Waals surface area contributed by atoms with Crippen LogP contribution in [0, 0.1) is 11.7 Å². The SMILES string of the molecule is CC(C)Cn1cc(CCNS(=O)(=O)Cc2c(F)cccc2Cl)c2cccnc21. The Morgan fingerprint density at radius 1 is 1.25 bits per heavy atom. The number of rotatable bonds is 8. The molecule has 0 radical (unpaired) electrons. The standard InChI is InChI=1S/C20H23ClFN3O2S/c1-14(2)11-25-12-15(16-5-4-9-23-20(16)25)8-10-24-28(26,27)13-17-18(21)6-3-7-19(17)22/h3-7,9,12,14,24H,8,10-11,13H2,1-2H3. The van der Waals surface area contributed by atoms with Crippen LogP contribution in [-0.2, 0) is 28.7 Å². The molecule has 0 amide bonds. The van der Waals surface area contributed by atoms with Gasteiger partial charge in [-0.3, -0.25) is 0 Å². The van der Waals surface area contributed by atoms with E-state index in [4.69, 9.17) is 11.6 Å². The van der Waals surface area contributed by atoms with Gasteiger partial charge in [-0.15, -0.1) is 0 Å². The molecular formula is C20H23ClFN3O2S. The Bertz CT molecular complexity index is 1060. The molecule has 28 heavy (non-hydrogen) atoms. The zero-order chi connectivity index (χ0) is 20.3. The van der Waals surface area contributed by atoms with Crippen molar-refractivity contribution in [3.8, 4) is 0 Å². The van der Waals surface area contributed by atoms with E-state index in [-0.39, 0.29) is 17.1 Å². The van der Waals surface area contributed by atoms with Gasteiger partial charge >= 0.3 is 0 Å². The number of aromatic nitrogens is 2. The van der Waals surface area contributed by atoms with Crippen LogP contribution in [0.15, 0.2) is 42.7 Å². The molecule has 0 spiro atoms. The number of fused-ring (bicyclic) bond motifs is 1. The third-order valence-electron chi connectivity index (χ3n) is 4.39. The molecule has 8 heteroatoms. The fourth-order valence-electron chi connectivity index (χ4n) is 3.18. The Labute approximate surface area is 169 Å². The molecule has 0 atom stereocenters. The second-order valence-corrected chi connectivity index (χ2v) is 9.39. The molecule has 0 unspecified atom stereocenters. The summed E-state index contributed by atoms with van der Waals surface area (Å²) in [6, 6.07) is 7.99. The van der Waals surface area contributed by atoms with Crippen LogP contribution in [0.4, 0.5) is 4.39 Å². The van der Waals surface area contributed by atoms with Crippen molar-refractivity contribution in [1.29, 1.82) is 0 Å². The van der Waals surface area contributed by atoms with E-state index in [2.05, 4.69) is 28.1 Å². The number of hydrogen-bond acceptors (Lipinski definition) is 3. The molecule has 0 fully saturated rings. The fraction of sp³-hybridized carbons (Fsp3) is 0.350. The van der Waals surface area contributed by atoms with E-state index < -0.39 is 21.6 Å². The lowest BCUT2D eigenvalue weighted by Crippen LogP contribution is -2.27. The van der Waals surface area contributed by atoms with Crippen LogP contribution < -0.4 is 4.72 Å². The third kappa shape index (κ3) is 4.90. The number of nitrogens with zero attached hydrogens (tertiary/aromatic N) is 2. The van der Waals surface area contributed by atoms with Gasteiger partial charge in [-0.1, -0.05) is 31.5 Å². The quantitative estimate of drug-likeness (QED) is 0.592. The van der Waals surface area contributed by atoms with Crippen molar-refractivity contribution >= 4 is 32.7 Å². The minimum absolute atomic E-state index is 0.0191. The highest BCUT2D eigenvalue weighted by Gasteiger charge is 2.17. The summed E-state index contributed by atoms with van der Waals surface area (Å²) in [5.74, 6) is -0.648. The topological polar surface area (TPSA) is 64.0 Å². The molecule has 2 aromatic heterocycles. The lowest BCUT2D eigenvalue weighted by atomic mass is 10.2. The Kier molecular flexibility index (Phi) is 6.37. The Balaban J connectivity index is 1.71. The molecule has 0 saturated carbocycles. The first kappa shape index (κ1) is 20.8. The molecule has 1 aromatic carbocycles. The Hall–Kier alpha value is -1.96. The number of hydrogen-bond donors (Lipinski definition) is 1. The number of halogens is 2. The van der Waals surface area contributed by atoms with E-state index in [1.54, 1.807) is 6.20 Å². The summed E-state index contributed by atoms with van der Waals surface area (Å²) in [7, 11) is -3.71. The van der Waals surface area contributed by atoms with Gasteiger partial charge in [0.2, 0.25) is 10.0 Å². The summed E-state index contributed by atoms with van der Waals surface area (Å²) in [6.07, 6.45) is 4.29. The fourth-order valence-corrected chi connectivity index (χ4v) is 4.68. The summed E-state index contributed by atoms with van der Waals surface area (Å²) in [6.45, 7) is 5.32. The maximum Gasteiger partial charge on any atom is 0.215 e. The van der Waals surface area contributed by atoms with Crippen molar-refractivity contribution in [3.05, 3.63) is 64.7 Å². The van der Waals surface area contributed by atoms with Gasteiger partial charge in [0, 0.05) is 41.5 Å². The highest BCUT2D eigenvalue weighted by molar-refractivity contribution is 7.88. The van der Waals surface area contributed by atoms with Crippen LogP contribution in [0.25, 0.3) is 11.0 Å². The average Bonchev–Trinajstić information content (AvgIpc) is 2.96. The Morgan fingerprint density at radius 2 is 2.04 bits per heavy atom. The van der Waals surface area contributed by atoms with E-state index >= 15 is 0 Å². The van der Waals surface area contributed by atoms with Crippen LogP contribution in [0.5, 0.6) is 0 Å². The molecule has 5 nitrogen and oxygen atoms in total. The van der Waals surface area contributed by atoms with Crippen LogP contribution in [0.3, 0.4) is 0 Å².